The smallest absolute Gasteiger partial charge is 0.311 e. The quantitative estimate of drug-likeness (QED) is 0.411. The summed E-state index contributed by atoms with van der Waals surface area (Å²) in [5, 5.41) is 0. The van der Waals surface area contributed by atoms with E-state index in [1.165, 1.54) is 12.7 Å². The van der Waals surface area contributed by atoms with Gasteiger partial charge in [0, 0.05) is 0 Å². The van der Waals surface area contributed by atoms with E-state index in [2.05, 4.69) is 19.1 Å². The molecule has 4 unspecified atom stereocenters. The number of carbonyl (C=O) groups is 2. The number of methoxy groups -OCH3 is 1. The highest BCUT2D eigenvalue weighted by atomic mass is 16.6. The molecule has 0 N–H and O–H groups in total. The van der Waals surface area contributed by atoms with E-state index in [-0.39, 0.29) is 30.6 Å². The first-order chi connectivity index (χ1) is 13.3. The second kappa shape index (κ2) is 9.55. The Bertz CT molecular complexity index is 654. The zero-order chi connectivity index (χ0) is 20.8. The third kappa shape index (κ3) is 5.57. The molecule has 0 amide bonds. The van der Waals surface area contributed by atoms with Gasteiger partial charge in [0.2, 0.25) is 0 Å². The van der Waals surface area contributed by atoms with Crippen molar-refractivity contribution < 1.29 is 23.8 Å². The lowest BCUT2D eigenvalue weighted by molar-refractivity contribution is -0.163. The van der Waals surface area contributed by atoms with Gasteiger partial charge in [0.15, 0.2) is 0 Å². The molecule has 0 aliphatic carbocycles. The zero-order valence-corrected chi connectivity index (χ0v) is 17.8. The largest absolute Gasteiger partial charge is 0.469 e. The van der Waals surface area contributed by atoms with E-state index in [1.54, 1.807) is 0 Å². The van der Waals surface area contributed by atoms with Gasteiger partial charge in [-0.3, -0.25) is 9.59 Å². The molecule has 1 aliphatic rings. The van der Waals surface area contributed by atoms with Crippen molar-refractivity contribution >= 4 is 11.9 Å². The number of esters is 2. The molecule has 5 heteroatoms. The first kappa shape index (κ1) is 22.4. The molecule has 1 aromatic carbocycles. The highest BCUT2D eigenvalue weighted by Crippen LogP contribution is 2.45. The number of carbonyl (C=O) groups excluding carboxylic acids is 2. The van der Waals surface area contributed by atoms with Crippen LogP contribution in [0.15, 0.2) is 30.3 Å². The molecule has 1 aliphatic heterocycles. The van der Waals surface area contributed by atoms with Gasteiger partial charge in [-0.2, -0.15) is 0 Å². The van der Waals surface area contributed by atoms with Crippen molar-refractivity contribution in [2.24, 2.45) is 10.8 Å². The molecule has 1 heterocycles. The fourth-order valence-corrected chi connectivity index (χ4v) is 3.95. The topological polar surface area (TPSA) is 65.1 Å². The molecule has 0 saturated carbocycles. The molecule has 0 aromatic heterocycles. The molecule has 0 radical (unpaired) electrons. The summed E-state index contributed by atoms with van der Waals surface area (Å²) in [4.78, 5) is 25.6. The van der Waals surface area contributed by atoms with E-state index in [4.69, 9.17) is 14.2 Å². The van der Waals surface area contributed by atoms with Crippen molar-refractivity contribution in [3.05, 3.63) is 35.9 Å². The highest BCUT2D eigenvalue weighted by molar-refractivity contribution is 5.80. The number of hydrogen-bond acceptors (Lipinski definition) is 5. The average molecular weight is 391 g/mol. The summed E-state index contributed by atoms with van der Waals surface area (Å²) in [6.45, 7) is 8.79. The van der Waals surface area contributed by atoms with Crippen molar-refractivity contribution in [3.63, 3.8) is 0 Å². The van der Waals surface area contributed by atoms with Crippen molar-refractivity contribution in [1.82, 2.24) is 0 Å². The van der Waals surface area contributed by atoms with Crippen LogP contribution in [0.5, 0.6) is 0 Å². The minimum atomic E-state index is -0.801. The molecule has 156 valence electrons. The van der Waals surface area contributed by atoms with Gasteiger partial charge >= 0.3 is 11.9 Å². The van der Waals surface area contributed by atoms with Crippen LogP contribution in [0.2, 0.25) is 0 Å². The maximum Gasteiger partial charge on any atom is 0.311 e. The Morgan fingerprint density at radius 1 is 1.14 bits per heavy atom. The number of hydrogen-bond donors (Lipinski definition) is 0. The zero-order valence-electron chi connectivity index (χ0n) is 17.8. The van der Waals surface area contributed by atoms with Gasteiger partial charge in [0.25, 0.3) is 0 Å². The molecule has 2 rings (SSSR count). The predicted molar refractivity (Wildman–Crippen MR) is 108 cm³/mol. The fraction of sp³-hybridized carbons (Fsp3) is 0.652. The lowest BCUT2D eigenvalue weighted by Crippen LogP contribution is -2.41. The second-order valence-electron chi connectivity index (χ2n) is 8.42. The number of rotatable bonds is 11. The first-order valence-electron chi connectivity index (χ1n) is 10.2. The van der Waals surface area contributed by atoms with E-state index in [1.807, 2.05) is 39.0 Å². The molecule has 1 aromatic rings. The van der Waals surface area contributed by atoms with E-state index < -0.39 is 10.8 Å². The summed E-state index contributed by atoms with van der Waals surface area (Å²) in [6.07, 6.45) is 2.51. The van der Waals surface area contributed by atoms with E-state index in [0.29, 0.717) is 25.9 Å². The van der Waals surface area contributed by atoms with Gasteiger partial charge in [0.1, 0.15) is 12.7 Å². The predicted octanol–water partition coefficient (Wildman–Crippen LogP) is 4.50. The van der Waals surface area contributed by atoms with E-state index >= 15 is 0 Å². The van der Waals surface area contributed by atoms with Crippen LogP contribution in [0.25, 0.3) is 0 Å². The molecule has 0 spiro atoms. The molecule has 0 bridgehead atoms. The van der Waals surface area contributed by atoms with Crippen LogP contribution >= 0.6 is 0 Å². The summed E-state index contributed by atoms with van der Waals surface area (Å²) in [5.74, 6) is -0.344. The van der Waals surface area contributed by atoms with Gasteiger partial charge in [0.05, 0.1) is 24.5 Å². The minimum absolute atomic E-state index is 0.0162. The Hall–Kier alpha value is -1.88. The average Bonchev–Trinajstić information content (AvgIpc) is 3.54. The molecule has 1 saturated heterocycles. The van der Waals surface area contributed by atoms with Crippen LogP contribution in [0, 0.1) is 10.8 Å². The van der Waals surface area contributed by atoms with Crippen LogP contribution in [-0.2, 0) is 23.8 Å². The third-order valence-corrected chi connectivity index (χ3v) is 6.00. The summed E-state index contributed by atoms with van der Waals surface area (Å²) in [5.41, 5.74) is -0.344. The van der Waals surface area contributed by atoms with Crippen molar-refractivity contribution in [3.8, 4) is 0 Å². The van der Waals surface area contributed by atoms with Crippen molar-refractivity contribution in [2.45, 2.75) is 65.4 Å². The van der Waals surface area contributed by atoms with Gasteiger partial charge in [-0.1, -0.05) is 44.2 Å². The molecule has 4 atom stereocenters. The monoisotopic (exact) mass is 390 g/mol. The fourth-order valence-electron chi connectivity index (χ4n) is 3.95. The lowest BCUT2D eigenvalue weighted by atomic mass is 9.67. The number of ether oxygens (including phenoxy) is 3. The Morgan fingerprint density at radius 3 is 2.29 bits per heavy atom. The number of benzene rings is 1. The van der Waals surface area contributed by atoms with Crippen LogP contribution in [0.1, 0.15) is 64.9 Å². The van der Waals surface area contributed by atoms with Crippen LogP contribution in [-0.4, -0.2) is 38.4 Å². The molecule has 5 nitrogen and oxygen atoms in total. The molecule has 1 fully saturated rings. The second-order valence-corrected chi connectivity index (χ2v) is 8.42. The molecular formula is C23H34O5. The van der Waals surface area contributed by atoms with Gasteiger partial charge in [-0.25, -0.2) is 0 Å². The summed E-state index contributed by atoms with van der Waals surface area (Å²) < 4.78 is 15.8. The van der Waals surface area contributed by atoms with Gasteiger partial charge in [-0.05, 0) is 51.0 Å². The molecular weight excluding hydrogens is 356 g/mol. The van der Waals surface area contributed by atoms with E-state index in [9.17, 15) is 9.59 Å². The Balaban J connectivity index is 2.28. The van der Waals surface area contributed by atoms with E-state index in [0.717, 1.165) is 6.42 Å². The normalized spacial score (nSPS) is 21.1. The highest BCUT2D eigenvalue weighted by Gasteiger charge is 2.46. The Labute approximate surface area is 168 Å². The minimum Gasteiger partial charge on any atom is -0.469 e. The summed E-state index contributed by atoms with van der Waals surface area (Å²) >= 11 is 0. The Morgan fingerprint density at radius 2 is 1.79 bits per heavy atom. The lowest BCUT2D eigenvalue weighted by Gasteiger charge is -2.37. The van der Waals surface area contributed by atoms with Crippen molar-refractivity contribution in [1.29, 1.82) is 0 Å². The van der Waals surface area contributed by atoms with Crippen molar-refractivity contribution in [2.75, 3.05) is 20.3 Å². The SMILES string of the molecule is CCC(CC(C)(CC(C)(CC)C(=O)OC)C(=O)OCC1CO1)c1ccccc1. The molecule has 28 heavy (non-hydrogen) atoms. The Kier molecular flexibility index (Phi) is 7.64. The first-order valence-corrected chi connectivity index (χ1v) is 10.2. The summed E-state index contributed by atoms with van der Waals surface area (Å²) in [6, 6.07) is 10.2. The third-order valence-electron chi connectivity index (χ3n) is 6.00. The number of epoxide rings is 1. The standard InChI is InChI=1S/C23H34O5/c1-6-17(18-11-9-8-10-12-18)13-23(4,21(25)28-15-19-14-27-19)16-22(3,7-2)20(24)26-5/h8-12,17,19H,6-7,13-16H2,1-5H3. The maximum atomic E-state index is 13.2. The van der Waals surface area contributed by atoms with Crippen LogP contribution in [0.3, 0.4) is 0 Å². The van der Waals surface area contributed by atoms with Crippen LogP contribution in [0.4, 0.5) is 0 Å². The van der Waals surface area contributed by atoms with Crippen LogP contribution < -0.4 is 0 Å². The summed E-state index contributed by atoms with van der Waals surface area (Å²) in [7, 11) is 1.40. The van der Waals surface area contributed by atoms with Gasteiger partial charge < -0.3 is 14.2 Å². The van der Waals surface area contributed by atoms with Gasteiger partial charge in [-0.15, -0.1) is 0 Å². The maximum absolute atomic E-state index is 13.2.